The van der Waals surface area contributed by atoms with Gasteiger partial charge in [0.15, 0.2) is 0 Å². The zero-order valence-electron chi connectivity index (χ0n) is 15.7. The molecular formula is C22H26N2O2. The van der Waals surface area contributed by atoms with E-state index in [2.05, 4.69) is 47.5 Å². The Morgan fingerprint density at radius 3 is 2.92 bits per heavy atom. The highest BCUT2D eigenvalue weighted by Crippen LogP contribution is 2.62. The quantitative estimate of drug-likeness (QED) is 0.653. The van der Waals surface area contributed by atoms with E-state index in [0.29, 0.717) is 6.04 Å². The summed E-state index contributed by atoms with van der Waals surface area (Å²) in [5, 5.41) is 3.66. The van der Waals surface area contributed by atoms with Crippen molar-refractivity contribution in [1.82, 2.24) is 4.90 Å². The lowest BCUT2D eigenvalue weighted by Crippen LogP contribution is -2.54. The molecule has 3 heterocycles. The van der Waals surface area contributed by atoms with Crippen molar-refractivity contribution in [1.29, 1.82) is 0 Å². The first-order valence-corrected chi connectivity index (χ1v) is 9.80. The fourth-order valence-corrected chi connectivity index (χ4v) is 5.87. The zero-order valence-corrected chi connectivity index (χ0v) is 15.7. The number of anilines is 1. The number of allylic oxidation sites excluding steroid dienone is 1. The van der Waals surface area contributed by atoms with Crippen LogP contribution in [0.4, 0.5) is 5.69 Å². The summed E-state index contributed by atoms with van der Waals surface area (Å²) in [4.78, 5) is 15.8. The van der Waals surface area contributed by atoms with E-state index in [1.54, 1.807) is 0 Å². The molecular weight excluding hydrogens is 324 g/mol. The molecule has 1 N–H and O–H groups in total. The Bertz CT molecular complexity index is 853. The van der Waals surface area contributed by atoms with Gasteiger partial charge in [0.05, 0.1) is 17.1 Å². The number of carbonyl (C=O) groups is 1. The van der Waals surface area contributed by atoms with Crippen LogP contribution in [0.3, 0.4) is 0 Å². The molecule has 1 spiro atoms. The van der Waals surface area contributed by atoms with Crippen LogP contribution < -0.4 is 5.32 Å². The van der Waals surface area contributed by atoms with Crippen molar-refractivity contribution in [2.24, 2.45) is 5.92 Å². The first-order chi connectivity index (χ1) is 12.6. The van der Waals surface area contributed by atoms with Crippen LogP contribution in [0.15, 0.2) is 47.2 Å². The van der Waals surface area contributed by atoms with Crippen LogP contribution in [0.5, 0.6) is 0 Å². The van der Waals surface area contributed by atoms with Gasteiger partial charge in [-0.3, -0.25) is 4.90 Å². The molecule has 2 fully saturated rings. The molecule has 5 rings (SSSR count). The molecule has 0 saturated carbocycles. The molecule has 4 nitrogen and oxygen atoms in total. The largest absolute Gasteiger partial charge is 0.460 e. The van der Waals surface area contributed by atoms with Crippen LogP contribution in [0.25, 0.3) is 0 Å². The summed E-state index contributed by atoms with van der Waals surface area (Å²) < 4.78 is 5.71. The SMILES string of the molecule is C/C=C1/[C@@H]2N3CC[C@H]1C(C(=O)OC(C)C)=C1Nc4ccccc4[C@@]12CC3. The Hall–Kier alpha value is -2.07. The maximum absolute atomic E-state index is 13.2. The third kappa shape index (κ3) is 1.86. The van der Waals surface area contributed by atoms with E-state index in [9.17, 15) is 4.79 Å². The monoisotopic (exact) mass is 350 g/mol. The molecule has 0 radical (unpaired) electrons. The van der Waals surface area contributed by atoms with Crippen molar-refractivity contribution in [2.45, 2.75) is 51.2 Å². The molecule has 1 aromatic carbocycles. The minimum atomic E-state index is -0.141. The van der Waals surface area contributed by atoms with Crippen LogP contribution in [0.1, 0.15) is 39.2 Å². The number of ether oxygens (including phenoxy) is 1. The number of para-hydroxylation sites is 1. The van der Waals surface area contributed by atoms with Crippen molar-refractivity contribution in [3.8, 4) is 0 Å². The van der Waals surface area contributed by atoms with Crippen molar-refractivity contribution >= 4 is 11.7 Å². The minimum Gasteiger partial charge on any atom is -0.460 e. The normalized spacial score (nSPS) is 33.3. The summed E-state index contributed by atoms with van der Waals surface area (Å²) in [6, 6.07) is 8.95. The number of rotatable bonds is 2. The molecule has 4 aliphatic rings. The van der Waals surface area contributed by atoms with E-state index in [-0.39, 0.29) is 23.4 Å². The van der Waals surface area contributed by atoms with E-state index >= 15 is 0 Å². The second-order valence-electron chi connectivity index (χ2n) is 8.20. The standard InChI is InChI=1S/C22H26N2O2/c1-4-14-15-9-11-24-12-10-22(20(14)24)16-7-5-6-8-17(16)23-19(22)18(15)21(25)26-13(2)3/h4-8,13,15,20,23H,9-12H2,1-3H3/b14-4+/t15-,20+,22+/m1/s1. The third-order valence-corrected chi connectivity index (χ3v) is 6.68. The Kier molecular flexibility index (Phi) is 3.39. The summed E-state index contributed by atoms with van der Waals surface area (Å²) in [6.45, 7) is 8.12. The Labute approximate surface area is 154 Å². The number of carbonyl (C=O) groups excluding carboxylic acids is 1. The lowest BCUT2D eigenvalue weighted by atomic mass is 9.60. The molecule has 3 aliphatic heterocycles. The highest BCUT2D eigenvalue weighted by Gasteiger charge is 2.63. The third-order valence-electron chi connectivity index (χ3n) is 6.68. The van der Waals surface area contributed by atoms with Gasteiger partial charge < -0.3 is 10.1 Å². The number of benzene rings is 1. The zero-order chi connectivity index (χ0) is 18.1. The topological polar surface area (TPSA) is 41.6 Å². The number of hydrogen-bond donors (Lipinski definition) is 1. The summed E-state index contributed by atoms with van der Waals surface area (Å²) in [7, 11) is 0. The van der Waals surface area contributed by atoms with Crippen LogP contribution in [0.2, 0.25) is 0 Å². The van der Waals surface area contributed by atoms with Gasteiger partial charge in [-0.25, -0.2) is 4.79 Å². The van der Waals surface area contributed by atoms with E-state index in [1.165, 1.54) is 11.1 Å². The van der Waals surface area contributed by atoms with Gasteiger partial charge >= 0.3 is 5.97 Å². The Balaban J connectivity index is 1.79. The molecule has 2 saturated heterocycles. The maximum atomic E-state index is 13.2. The summed E-state index contributed by atoms with van der Waals surface area (Å²) >= 11 is 0. The lowest BCUT2D eigenvalue weighted by Gasteiger charge is -2.49. The van der Waals surface area contributed by atoms with Crippen molar-refractivity contribution < 1.29 is 9.53 Å². The van der Waals surface area contributed by atoms with Crippen LogP contribution in [-0.2, 0) is 14.9 Å². The van der Waals surface area contributed by atoms with E-state index in [1.807, 2.05) is 13.8 Å². The Morgan fingerprint density at radius 1 is 1.35 bits per heavy atom. The summed E-state index contributed by atoms with van der Waals surface area (Å²) in [6.07, 6.45) is 4.20. The molecule has 2 bridgehead atoms. The van der Waals surface area contributed by atoms with E-state index in [4.69, 9.17) is 4.74 Å². The van der Waals surface area contributed by atoms with Gasteiger partial charge in [-0.05, 0) is 57.4 Å². The Morgan fingerprint density at radius 2 is 2.15 bits per heavy atom. The maximum Gasteiger partial charge on any atom is 0.336 e. The molecule has 4 heteroatoms. The van der Waals surface area contributed by atoms with E-state index in [0.717, 1.165) is 42.9 Å². The molecule has 136 valence electrons. The minimum absolute atomic E-state index is 0.106. The second-order valence-corrected chi connectivity index (χ2v) is 8.20. The molecule has 1 aromatic rings. The van der Waals surface area contributed by atoms with E-state index < -0.39 is 0 Å². The fraction of sp³-hybridized carbons (Fsp3) is 0.500. The fourth-order valence-electron chi connectivity index (χ4n) is 5.87. The number of hydrogen-bond acceptors (Lipinski definition) is 4. The number of nitrogens with zero attached hydrogens (tertiary/aromatic N) is 1. The van der Waals surface area contributed by atoms with Gasteiger partial charge in [-0.15, -0.1) is 0 Å². The van der Waals surface area contributed by atoms with Crippen LogP contribution >= 0.6 is 0 Å². The number of nitrogens with one attached hydrogen (secondary N) is 1. The lowest BCUT2D eigenvalue weighted by molar-refractivity contribution is -0.143. The van der Waals surface area contributed by atoms with Gasteiger partial charge in [-0.2, -0.15) is 0 Å². The molecule has 0 amide bonds. The first-order valence-electron chi connectivity index (χ1n) is 9.80. The van der Waals surface area contributed by atoms with Crippen molar-refractivity contribution in [3.05, 3.63) is 52.7 Å². The molecule has 0 unspecified atom stereocenters. The van der Waals surface area contributed by atoms with Gasteiger partial charge in [0.2, 0.25) is 0 Å². The molecule has 3 atom stereocenters. The second kappa shape index (κ2) is 5.46. The van der Waals surface area contributed by atoms with Gasteiger partial charge in [0, 0.05) is 29.9 Å². The smallest absolute Gasteiger partial charge is 0.336 e. The highest BCUT2D eigenvalue weighted by atomic mass is 16.5. The predicted octanol–water partition coefficient (Wildman–Crippen LogP) is 3.61. The first kappa shape index (κ1) is 16.1. The predicted molar refractivity (Wildman–Crippen MR) is 102 cm³/mol. The number of piperidine rings is 1. The van der Waals surface area contributed by atoms with Gasteiger partial charge in [0.1, 0.15) is 0 Å². The van der Waals surface area contributed by atoms with Crippen molar-refractivity contribution in [2.75, 3.05) is 18.4 Å². The molecule has 26 heavy (non-hydrogen) atoms. The summed E-state index contributed by atoms with van der Waals surface area (Å²) in [5.74, 6) is 0.0355. The van der Waals surface area contributed by atoms with Gasteiger partial charge in [-0.1, -0.05) is 24.3 Å². The highest BCUT2D eigenvalue weighted by molar-refractivity contribution is 5.95. The van der Waals surface area contributed by atoms with Crippen LogP contribution in [0, 0.1) is 5.92 Å². The van der Waals surface area contributed by atoms with Crippen LogP contribution in [-0.4, -0.2) is 36.1 Å². The molecule has 0 aromatic heterocycles. The van der Waals surface area contributed by atoms with Gasteiger partial charge in [0.25, 0.3) is 0 Å². The number of fused-ring (bicyclic) bond motifs is 2. The average Bonchev–Trinajstić information content (AvgIpc) is 3.17. The number of esters is 1. The summed E-state index contributed by atoms with van der Waals surface area (Å²) in [5.41, 5.74) is 5.78. The molecule has 1 aliphatic carbocycles. The average molecular weight is 350 g/mol. The van der Waals surface area contributed by atoms with Crippen molar-refractivity contribution in [3.63, 3.8) is 0 Å².